The Bertz CT molecular complexity index is 141. The van der Waals surface area contributed by atoms with Crippen molar-refractivity contribution in [3.63, 3.8) is 0 Å². The first-order valence-corrected chi connectivity index (χ1v) is 5.79. The molecule has 0 heterocycles. The molecule has 1 aliphatic carbocycles. The maximum atomic E-state index is 5.55. The van der Waals surface area contributed by atoms with Crippen LogP contribution in [-0.2, 0) is 4.74 Å². The second-order valence-electron chi connectivity index (χ2n) is 4.09. The fourth-order valence-electron chi connectivity index (χ4n) is 1.92. The van der Waals surface area contributed by atoms with Crippen LogP contribution < -0.4 is 10.6 Å². The van der Waals surface area contributed by atoms with Crippen LogP contribution in [0.15, 0.2) is 0 Å². The highest BCUT2D eigenvalue weighted by atomic mass is 16.5. The average Bonchev–Trinajstić information content (AvgIpc) is 2.15. The largest absolute Gasteiger partial charge is 0.378 e. The van der Waals surface area contributed by atoms with E-state index in [1.165, 1.54) is 19.3 Å². The molecular weight excluding hydrogens is 176 g/mol. The number of methoxy groups -OCH3 is 1. The summed E-state index contributed by atoms with van der Waals surface area (Å²) >= 11 is 0. The molecule has 0 aromatic rings. The number of hydrogen-bond acceptors (Lipinski definition) is 3. The van der Waals surface area contributed by atoms with Gasteiger partial charge in [0.25, 0.3) is 0 Å². The third-order valence-electron chi connectivity index (χ3n) is 3.18. The van der Waals surface area contributed by atoms with Gasteiger partial charge >= 0.3 is 0 Å². The fourth-order valence-corrected chi connectivity index (χ4v) is 1.92. The summed E-state index contributed by atoms with van der Waals surface area (Å²) in [6.45, 7) is 6.40. The van der Waals surface area contributed by atoms with Crippen molar-refractivity contribution in [2.75, 3.05) is 33.3 Å². The average molecular weight is 200 g/mol. The number of ether oxygens (including phenoxy) is 1. The second kappa shape index (κ2) is 6.38. The minimum Gasteiger partial charge on any atom is -0.378 e. The molecule has 1 rings (SSSR count). The van der Waals surface area contributed by atoms with Crippen LogP contribution in [0.4, 0.5) is 0 Å². The SMILES string of the molecule is CCNCCNCCC1(OC)CCC1. The van der Waals surface area contributed by atoms with Crippen molar-refractivity contribution in [3.05, 3.63) is 0 Å². The zero-order valence-corrected chi connectivity index (χ0v) is 9.57. The molecule has 0 atom stereocenters. The van der Waals surface area contributed by atoms with Crippen molar-refractivity contribution >= 4 is 0 Å². The molecule has 0 spiro atoms. The lowest BCUT2D eigenvalue weighted by Crippen LogP contribution is -2.42. The Hall–Kier alpha value is -0.120. The zero-order valence-electron chi connectivity index (χ0n) is 9.57. The summed E-state index contributed by atoms with van der Waals surface area (Å²) in [5, 5.41) is 6.73. The van der Waals surface area contributed by atoms with Crippen LogP contribution >= 0.6 is 0 Å². The topological polar surface area (TPSA) is 33.3 Å². The van der Waals surface area contributed by atoms with Gasteiger partial charge in [0.05, 0.1) is 5.60 Å². The molecule has 0 bridgehead atoms. The van der Waals surface area contributed by atoms with Crippen LogP contribution in [0.3, 0.4) is 0 Å². The first-order chi connectivity index (χ1) is 6.83. The van der Waals surface area contributed by atoms with Crippen molar-refractivity contribution in [1.29, 1.82) is 0 Å². The van der Waals surface area contributed by atoms with E-state index in [4.69, 9.17) is 4.74 Å². The summed E-state index contributed by atoms with van der Waals surface area (Å²) in [7, 11) is 1.85. The third kappa shape index (κ3) is 3.56. The smallest absolute Gasteiger partial charge is 0.0690 e. The van der Waals surface area contributed by atoms with Crippen LogP contribution in [0.25, 0.3) is 0 Å². The molecule has 3 heteroatoms. The van der Waals surface area contributed by atoms with Gasteiger partial charge in [-0.05, 0) is 38.8 Å². The predicted molar refractivity (Wildman–Crippen MR) is 59.6 cm³/mol. The Morgan fingerprint density at radius 1 is 1.14 bits per heavy atom. The molecule has 84 valence electrons. The van der Waals surface area contributed by atoms with Crippen molar-refractivity contribution < 1.29 is 4.74 Å². The van der Waals surface area contributed by atoms with Crippen LogP contribution in [0.5, 0.6) is 0 Å². The van der Waals surface area contributed by atoms with Gasteiger partial charge in [-0.3, -0.25) is 0 Å². The molecule has 3 nitrogen and oxygen atoms in total. The first-order valence-electron chi connectivity index (χ1n) is 5.79. The molecule has 0 aromatic carbocycles. The molecule has 1 saturated carbocycles. The van der Waals surface area contributed by atoms with Gasteiger partial charge in [-0.15, -0.1) is 0 Å². The van der Waals surface area contributed by atoms with Crippen molar-refractivity contribution in [2.24, 2.45) is 0 Å². The molecule has 0 aromatic heterocycles. The number of hydrogen-bond donors (Lipinski definition) is 2. The van der Waals surface area contributed by atoms with Gasteiger partial charge in [-0.2, -0.15) is 0 Å². The van der Waals surface area contributed by atoms with E-state index in [1.807, 2.05) is 7.11 Å². The maximum Gasteiger partial charge on any atom is 0.0690 e. The van der Waals surface area contributed by atoms with E-state index in [1.54, 1.807) is 0 Å². The molecule has 2 N–H and O–H groups in total. The molecule has 14 heavy (non-hydrogen) atoms. The fraction of sp³-hybridized carbons (Fsp3) is 1.00. The van der Waals surface area contributed by atoms with Gasteiger partial charge in [0.1, 0.15) is 0 Å². The molecule has 0 unspecified atom stereocenters. The molecular formula is C11H24N2O. The maximum absolute atomic E-state index is 5.55. The number of likely N-dealkylation sites (N-methyl/N-ethyl adjacent to an activating group) is 1. The molecule has 0 radical (unpaired) electrons. The normalized spacial score (nSPS) is 19.3. The Balaban J connectivity index is 1.92. The lowest BCUT2D eigenvalue weighted by molar-refractivity contribution is -0.0767. The molecule has 0 aliphatic heterocycles. The van der Waals surface area contributed by atoms with E-state index < -0.39 is 0 Å². The van der Waals surface area contributed by atoms with Crippen molar-refractivity contribution in [2.45, 2.75) is 38.2 Å². The molecule has 0 amide bonds. The highest BCUT2D eigenvalue weighted by Crippen LogP contribution is 2.37. The van der Waals surface area contributed by atoms with Crippen molar-refractivity contribution in [3.8, 4) is 0 Å². The minimum atomic E-state index is 0.227. The lowest BCUT2D eigenvalue weighted by Gasteiger charge is -2.40. The van der Waals surface area contributed by atoms with E-state index in [2.05, 4.69) is 17.6 Å². The van der Waals surface area contributed by atoms with Crippen LogP contribution in [-0.4, -0.2) is 38.9 Å². The summed E-state index contributed by atoms with van der Waals surface area (Å²) in [4.78, 5) is 0. The molecule has 1 fully saturated rings. The van der Waals surface area contributed by atoms with Gasteiger partial charge < -0.3 is 15.4 Å². The Kier molecular flexibility index (Phi) is 5.45. The van der Waals surface area contributed by atoms with E-state index in [0.717, 1.165) is 32.6 Å². The van der Waals surface area contributed by atoms with Gasteiger partial charge in [-0.25, -0.2) is 0 Å². The van der Waals surface area contributed by atoms with Crippen molar-refractivity contribution in [1.82, 2.24) is 10.6 Å². The van der Waals surface area contributed by atoms with E-state index in [9.17, 15) is 0 Å². The number of rotatable bonds is 8. The van der Waals surface area contributed by atoms with Crippen LogP contribution in [0.1, 0.15) is 32.6 Å². The Morgan fingerprint density at radius 3 is 2.36 bits per heavy atom. The monoisotopic (exact) mass is 200 g/mol. The summed E-state index contributed by atoms with van der Waals surface area (Å²) in [6, 6.07) is 0. The summed E-state index contributed by atoms with van der Waals surface area (Å²) in [5.41, 5.74) is 0.227. The Labute approximate surface area is 87.6 Å². The minimum absolute atomic E-state index is 0.227. The molecule has 1 aliphatic rings. The van der Waals surface area contributed by atoms with Gasteiger partial charge in [0.2, 0.25) is 0 Å². The highest BCUT2D eigenvalue weighted by molar-refractivity contribution is 4.89. The van der Waals surface area contributed by atoms with Gasteiger partial charge in [0.15, 0.2) is 0 Å². The van der Waals surface area contributed by atoms with Gasteiger partial charge in [-0.1, -0.05) is 6.92 Å². The van der Waals surface area contributed by atoms with E-state index in [-0.39, 0.29) is 5.60 Å². The number of nitrogens with one attached hydrogen (secondary N) is 2. The first kappa shape index (κ1) is 12.0. The summed E-state index contributed by atoms with van der Waals surface area (Å²) in [5.74, 6) is 0. The van der Waals surface area contributed by atoms with Gasteiger partial charge in [0, 0.05) is 20.2 Å². The van der Waals surface area contributed by atoms with Crippen LogP contribution in [0.2, 0.25) is 0 Å². The van der Waals surface area contributed by atoms with Crippen LogP contribution in [0, 0.1) is 0 Å². The summed E-state index contributed by atoms with van der Waals surface area (Å²) < 4.78 is 5.55. The second-order valence-corrected chi connectivity index (χ2v) is 4.09. The van der Waals surface area contributed by atoms with E-state index in [0.29, 0.717) is 0 Å². The lowest BCUT2D eigenvalue weighted by atomic mass is 9.77. The van der Waals surface area contributed by atoms with E-state index >= 15 is 0 Å². The predicted octanol–water partition coefficient (Wildman–Crippen LogP) is 1.14. The molecule has 0 saturated heterocycles. The standard InChI is InChI=1S/C11H24N2O/c1-3-12-9-10-13-8-7-11(14-2)5-4-6-11/h12-13H,3-10H2,1-2H3. The quantitative estimate of drug-likeness (QED) is 0.577. The third-order valence-corrected chi connectivity index (χ3v) is 3.18. The Morgan fingerprint density at radius 2 is 1.86 bits per heavy atom. The summed E-state index contributed by atoms with van der Waals surface area (Å²) in [6.07, 6.45) is 5.00. The highest BCUT2D eigenvalue weighted by Gasteiger charge is 2.35. The zero-order chi connectivity index (χ0) is 10.3.